The van der Waals surface area contributed by atoms with Crippen molar-refractivity contribution in [3.63, 3.8) is 0 Å². The van der Waals surface area contributed by atoms with Gasteiger partial charge in [0.1, 0.15) is 67.1 Å². The van der Waals surface area contributed by atoms with Gasteiger partial charge >= 0.3 is 5.97 Å². The Morgan fingerprint density at radius 3 is 1.42 bits per heavy atom. The molecule has 562 valence electrons. The van der Waals surface area contributed by atoms with Crippen LogP contribution in [-0.4, -0.2) is 215 Å². The van der Waals surface area contributed by atoms with Crippen molar-refractivity contribution in [2.75, 3.05) is 26.4 Å². The Morgan fingerprint density at radius 1 is 0.542 bits per heavy atom. The molecular formula is C73H134N2O21. The van der Waals surface area contributed by atoms with Crippen LogP contribution in [0, 0.1) is 0 Å². The normalized spacial score (nSPS) is 27.7. The average molecular weight is 1380 g/mol. The van der Waals surface area contributed by atoms with Gasteiger partial charge in [0.25, 0.3) is 5.79 Å². The van der Waals surface area contributed by atoms with Crippen molar-refractivity contribution < 1.29 is 104 Å². The Kier molecular flexibility index (Phi) is 48.3. The number of carbonyl (C=O) groups excluding carboxylic acids is 2. The minimum Gasteiger partial charge on any atom is -0.477 e. The van der Waals surface area contributed by atoms with Gasteiger partial charge in [0.15, 0.2) is 12.6 Å². The lowest BCUT2D eigenvalue weighted by Crippen LogP contribution is -2.70. The van der Waals surface area contributed by atoms with Gasteiger partial charge < -0.3 is 100 Å². The van der Waals surface area contributed by atoms with Crippen molar-refractivity contribution in [3.05, 3.63) is 24.3 Å². The molecule has 23 heteroatoms. The quantitative estimate of drug-likeness (QED) is 0.0201. The van der Waals surface area contributed by atoms with Crippen LogP contribution in [0.25, 0.3) is 0 Å². The number of allylic oxidation sites excluding steroid dienone is 3. The standard InChI is InChI=1S/C73H134N2O21/c1-4-6-8-10-12-14-16-18-20-22-24-25-26-27-28-29-31-33-35-37-39-41-43-45-47-60(83)75-54(55(80)46-44-42-40-38-36-34-32-30-23-21-19-17-15-13-11-9-7-5-2)52-91-70-65(87)64(86)67(59(51-78)93-70)94-71-66(88)69(63(85)58(50-77)92-71)96-73(72(89)90)48-56(81)61(74-53(3)79)68(95-73)62(84)57(82)49-76/h27-28,44,46,54-59,61-71,76-78,80-82,84-88H,4-26,29-43,45,47-52H2,1-3H3,(H,74,79)(H,75,83)(H,89,90)/b28-27-,46-44+. The number of unbranched alkanes of at least 4 members (excludes halogenated alkanes) is 36. The Balaban J connectivity index is 1.56. The van der Waals surface area contributed by atoms with Crippen LogP contribution in [0.4, 0.5) is 0 Å². The maximum Gasteiger partial charge on any atom is 0.364 e. The lowest BCUT2D eigenvalue weighted by molar-refractivity contribution is -0.386. The second-order valence-electron chi connectivity index (χ2n) is 27.5. The molecule has 0 radical (unpaired) electrons. The summed E-state index contributed by atoms with van der Waals surface area (Å²) in [5.41, 5.74) is 0. The van der Waals surface area contributed by atoms with E-state index in [-0.39, 0.29) is 12.3 Å². The lowest BCUT2D eigenvalue weighted by atomic mass is 9.88. The molecule has 2 amide bonds. The van der Waals surface area contributed by atoms with E-state index in [4.69, 9.17) is 28.4 Å². The number of carboxylic acid groups (broad SMARTS) is 1. The summed E-state index contributed by atoms with van der Waals surface area (Å²) >= 11 is 0. The Morgan fingerprint density at radius 2 is 0.979 bits per heavy atom. The fourth-order valence-electron chi connectivity index (χ4n) is 13.1. The van der Waals surface area contributed by atoms with Crippen LogP contribution >= 0.6 is 0 Å². The van der Waals surface area contributed by atoms with Crippen LogP contribution in [0.1, 0.15) is 284 Å². The first kappa shape index (κ1) is 87.4. The first-order valence-electron chi connectivity index (χ1n) is 37.7. The average Bonchev–Trinajstić information content (AvgIpc) is 0.786. The van der Waals surface area contributed by atoms with Crippen LogP contribution in [0.15, 0.2) is 24.3 Å². The molecule has 18 unspecified atom stereocenters. The third kappa shape index (κ3) is 34.3. The van der Waals surface area contributed by atoms with E-state index in [9.17, 15) is 75.7 Å². The third-order valence-electron chi connectivity index (χ3n) is 19.1. The fraction of sp³-hybridized carbons (Fsp3) is 0.904. The minimum atomic E-state index is -3.08. The van der Waals surface area contributed by atoms with Crippen molar-refractivity contribution in [1.82, 2.24) is 10.6 Å². The molecule has 0 aromatic carbocycles. The number of aliphatic hydroxyl groups is 11. The highest BCUT2D eigenvalue weighted by molar-refractivity contribution is 5.77. The number of carbonyl (C=O) groups is 3. The smallest absolute Gasteiger partial charge is 0.364 e. The van der Waals surface area contributed by atoms with Gasteiger partial charge in [-0.1, -0.05) is 244 Å². The summed E-state index contributed by atoms with van der Waals surface area (Å²) in [5, 5.41) is 136. The Hall–Kier alpha value is -2.79. The number of aliphatic hydroxyl groups excluding tert-OH is 11. The number of carboxylic acids is 1. The zero-order chi connectivity index (χ0) is 70.4. The first-order valence-corrected chi connectivity index (χ1v) is 37.7. The summed E-state index contributed by atoms with van der Waals surface area (Å²) in [6.07, 6.45) is 26.4. The van der Waals surface area contributed by atoms with Crippen molar-refractivity contribution in [3.8, 4) is 0 Å². The SMILES string of the molecule is CCCCCCCCCCCCCC/C=C\CCCCCCCCCCC(=O)NC(COC1OC(CO)C(OC2OC(CO)C(O)C(OC3(C(=O)O)CC(O)C(NC(C)=O)C(C(O)C(O)CO)O3)C2O)C(O)C1O)C(O)/C=C/CCCCCCCCCCCCCCCCCC. The van der Waals surface area contributed by atoms with E-state index < -0.39 is 155 Å². The number of ether oxygens (including phenoxy) is 6. The summed E-state index contributed by atoms with van der Waals surface area (Å²) in [7, 11) is 0. The molecule has 0 bridgehead atoms. The van der Waals surface area contributed by atoms with Gasteiger partial charge in [0.05, 0.1) is 50.7 Å². The fourth-order valence-corrected chi connectivity index (χ4v) is 13.1. The molecule has 0 aliphatic carbocycles. The molecule has 3 aliphatic rings. The number of nitrogens with one attached hydrogen (secondary N) is 2. The van der Waals surface area contributed by atoms with Gasteiger partial charge in [-0.05, 0) is 44.9 Å². The number of aliphatic carboxylic acids is 1. The molecule has 0 aromatic heterocycles. The summed E-state index contributed by atoms with van der Waals surface area (Å²) in [6.45, 7) is 2.16. The highest BCUT2D eigenvalue weighted by Crippen LogP contribution is 2.39. The maximum absolute atomic E-state index is 13.5. The zero-order valence-corrected chi connectivity index (χ0v) is 59.0. The second-order valence-corrected chi connectivity index (χ2v) is 27.5. The number of hydrogen-bond acceptors (Lipinski definition) is 20. The van der Waals surface area contributed by atoms with E-state index in [0.717, 1.165) is 58.3 Å². The topological polar surface area (TPSA) is 373 Å². The monoisotopic (exact) mass is 1370 g/mol. The van der Waals surface area contributed by atoms with Crippen molar-refractivity contribution in [2.24, 2.45) is 0 Å². The molecule has 3 heterocycles. The first-order chi connectivity index (χ1) is 46.4. The van der Waals surface area contributed by atoms with Gasteiger partial charge in [0.2, 0.25) is 11.8 Å². The van der Waals surface area contributed by atoms with Crippen molar-refractivity contribution >= 4 is 17.8 Å². The molecule has 3 aliphatic heterocycles. The summed E-state index contributed by atoms with van der Waals surface area (Å²) < 4.78 is 34.9. The summed E-state index contributed by atoms with van der Waals surface area (Å²) in [6, 6.07) is -2.62. The van der Waals surface area contributed by atoms with Gasteiger partial charge in [-0.15, -0.1) is 0 Å². The largest absolute Gasteiger partial charge is 0.477 e. The van der Waals surface area contributed by atoms with Crippen LogP contribution in [0.5, 0.6) is 0 Å². The number of hydrogen-bond donors (Lipinski definition) is 14. The molecule has 23 nitrogen and oxygen atoms in total. The molecule has 0 aromatic rings. The van der Waals surface area contributed by atoms with Gasteiger partial charge in [-0.25, -0.2) is 4.79 Å². The van der Waals surface area contributed by atoms with E-state index in [1.807, 2.05) is 6.08 Å². The van der Waals surface area contributed by atoms with Crippen molar-refractivity contribution in [1.29, 1.82) is 0 Å². The van der Waals surface area contributed by atoms with Gasteiger partial charge in [0, 0.05) is 19.8 Å². The van der Waals surface area contributed by atoms with E-state index in [1.165, 1.54) is 186 Å². The molecule has 18 atom stereocenters. The Bertz CT molecular complexity index is 2030. The Labute approximate surface area is 574 Å². The van der Waals surface area contributed by atoms with Crippen LogP contribution in [0.3, 0.4) is 0 Å². The number of amides is 2. The predicted octanol–water partition coefficient (Wildman–Crippen LogP) is 8.40. The van der Waals surface area contributed by atoms with E-state index in [2.05, 4.69) is 36.6 Å². The molecule has 14 N–H and O–H groups in total. The van der Waals surface area contributed by atoms with Crippen LogP contribution in [0.2, 0.25) is 0 Å². The van der Waals surface area contributed by atoms with E-state index in [0.29, 0.717) is 12.8 Å². The van der Waals surface area contributed by atoms with Crippen molar-refractivity contribution in [2.45, 2.75) is 394 Å². The molecule has 0 saturated carbocycles. The van der Waals surface area contributed by atoms with E-state index in [1.54, 1.807) is 6.08 Å². The molecule has 96 heavy (non-hydrogen) atoms. The minimum absolute atomic E-state index is 0.198. The highest BCUT2D eigenvalue weighted by atomic mass is 16.8. The number of rotatable bonds is 58. The van der Waals surface area contributed by atoms with E-state index >= 15 is 0 Å². The lowest BCUT2D eigenvalue weighted by Gasteiger charge is -2.50. The highest BCUT2D eigenvalue weighted by Gasteiger charge is 2.60. The molecule has 0 spiro atoms. The van der Waals surface area contributed by atoms with Crippen LogP contribution < -0.4 is 10.6 Å². The molecular weight excluding hydrogens is 1240 g/mol. The summed E-state index contributed by atoms with van der Waals surface area (Å²) in [4.78, 5) is 38.6. The summed E-state index contributed by atoms with van der Waals surface area (Å²) in [5.74, 6) is -6.14. The van der Waals surface area contributed by atoms with Crippen LogP contribution in [-0.2, 0) is 42.8 Å². The second kappa shape index (κ2) is 53.1. The predicted molar refractivity (Wildman–Crippen MR) is 366 cm³/mol. The molecule has 3 rings (SSSR count). The zero-order valence-electron chi connectivity index (χ0n) is 59.0. The molecule has 3 saturated heterocycles. The third-order valence-corrected chi connectivity index (χ3v) is 19.1. The van der Waals surface area contributed by atoms with Gasteiger partial charge in [-0.2, -0.15) is 0 Å². The maximum atomic E-state index is 13.5. The molecule has 3 fully saturated rings. The van der Waals surface area contributed by atoms with Gasteiger partial charge in [-0.3, -0.25) is 9.59 Å².